The van der Waals surface area contributed by atoms with Crippen LogP contribution >= 0.6 is 0 Å². The maximum absolute atomic E-state index is 9.31. The van der Waals surface area contributed by atoms with Crippen LogP contribution in [0.4, 0.5) is 0 Å². The van der Waals surface area contributed by atoms with Gasteiger partial charge >= 0.3 is 0 Å². The van der Waals surface area contributed by atoms with Gasteiger partial charge in [-0.25, -0.2) is 0 Å². The minimum Gasteiger partial charge on any atom is -0.395 e. The van der Waals surface area contributed by atoms with Gasteiger partial charge in [-0.05, 0) is 0 Å². The number of piperidine rings is 1. The standard InChI is InChI=1S/C7H15NO5/c9-1-3-5(11)7(13)6(12)4(2-10)8-3/h3-13H,1-2H2/t3-,4?,5-,6+,7?/m0/s1. The van der Waals surface area contributed by atoms with Crippen molar-refractivity contribution in [2.45, 2.75) is 30.4 Å². The van der Waals surface area contributed by atoms with Crippen molar-refractivity contribution in [1.29, 1.82) is 0 Å². The summed E-state index contributed by atoms with van der Waals surface area (Å²) in [5.74, 6) is 0. The van der Waals surface area contributed by atoms with Crippen LogP contribution in [0.3, 0.4) is 0 Å². The third-order valence-corrected chi connectivity index (χ3v) is 2.35. The van der Waals surface area contributed by atoms with E-state index in [4.69, 9.17) is 10.2 Å². The Hall–Kier alpha value is -0.240. The van der Waals surface area contributed by atoms with Gasteiger partial charge in [0.15, 0.2) is 0 Å². The van der Waals surface area contributed by atoms with Gasteiger partial charge in [0.05, 0.1) is 37.5 Å². The third-order valence-electron chi connectivity index (χ3n) is 2.35. The Morgan fingerprint density at radius 1 is 0.769 bits per heavy atom. The molecule has 1 aliphatic heterocycles. The van der Waals surface area contributed by atoms with Gasteiger partial charge < -0.3 is 30.8 Å². The molecule has 0 bridgehead atoms. The summed E-state index contributed by atoms with van der Waals surface area (Å²) in [5, 5.41) is 48.1. The highest BCUT2D eigenvalue weighted by Crippen LogP contribution is 2.14. The number of hydrogen-bond acceptors (Lipinski definition) is 6. The summed E-state index contributed by atoms with van der Waals surface area (Å²) in [6.07, 6.45) is -3.78. The van der Waals surface area contributed by atoms with Crippen molar-refractivity contribution in [2.75, 3.05) is 13.2 Å². The van der Waals surface area contributed by atoms with Crippen LogP contribution in [-0.4, -0.2) is 69.1 Å². The van der Waals surface area contributed by atoms with Crippen LogP contribution in [-0.2, 0) is 0 Å². The molecule has 0 aromatic heterocycles. The lowest BCUT2D eigenvalue weighted by atomic mass is 9.91. The maximum atomic E-state index is 9.31. The van der Waals surface area contributed by atoms with Gasteiger partial charge in [0.2, 0.25) is 0 Å². The molecule has 13 heavy (non-hydrogen) atoms. The summed E-state index contributed by atoms with van der Waals surface area (Å²) in [4.78, 5) is 0. The van der Waals surface area contributed by atoms with E-state index in [2.05, 4.69) is 5.32 Å². The molecule has 6 N–H and O–H groups in total. The molecular weight excluding hydrogens is 178 g/mol. The van der Waals surface area contributed by atoms with Crippen molar-refractivity contribution < 1.29 is 25.5 Å². The molecule has 0 aromatic carbocycles. The van der Waals surface area contributed by atoms with Crippen LogP contribution in [0, 0.1) is 0 Å². The zero-order chi connectivity index (χ0) is 10.0. The number of aliphatic hydroxyl groups excluding tert-OH is 5. The summed E-state index contributed by atoms with van der Waals surface area (Å²) >= 11 is 0. The van der Waals surface area contributed by atoms with Gasteiger partial charge in [-0.3, -0.25) is 0 Å². The van der Waals surface area contributed by atoms with E-state index in [0.717, 1.165) is 0 Å². The molecular formula is C7H15NO5. The molecule has 78 valence electrons. The number of nitrogens with one attached hydrogen (secondary N) is 1. The lowest BCUT2D eigenvalue weighted by Gasteiger charge is -2.40. The number of hydrogen-bond donors (Lipinski definition) is 6. The minimum absolute atomic E-state index is 0.360. The monoisotopic (exact) mass is 193 g/mol. The molecule has 0 radical (unpaired) electrons. The zero-order valence-electron chi connectivity index (χ0n) is 7.04. The highest BCUT2D eigenvalue weighted by Gasteiger charge is 2.41. The molecule has 1 fully saturated rings. The first-order chi connectivity index (χ1) is 6.11. The van der Waals surface area contributed by atoms with E-state index in [1.807, 2.05) is 0 Å². The fourth-order valence-electron chi connectivity index (χ4n) is 1.47. The largest absolute Gasteiger partial charge is 0.395 e. The lowest BCUT2D eigenvalue weighted by molar-refractivity contribution is -0.125. The average molecular weight is 193 g/mol. The van der Waals surface area contributed by atoms with Crippen LogP contribution in [0.25, 0.3) is 0 Å². The van der Waals surface area contributed by atoms with Crippen molar-refractivity contribution in [3.8, 4) is 0 Å². The summed E-state index contributed by atoms with van der Waals surface area (Å²) in [7, 11) is 0. The SMILES string of the molecule is OCC1N[C@@H](CO)[C@H](O)C(O)[C@@H]1O. The number of aliphatic hydroxyl groups is 5. The topological polar surface area (TPSA) is 113 Å². The molecule has 6 heteroatoms. The Labute approximate surface area is 75.4 Å². The smallest absolute Gasteiger partial charge is 0.109 e. The highest BCUT2D eigenvalue weighted by atomic mass is 16.4. The first kappa shape index (κ1) is 10.8. The Kier molecular flexibility index (Phi) is 3.60. The van der Waals surface area contributed by atoms with Crippen LogP contribution in [0.1, 0.15) is 0 Å². The zero-order valence-corrected chi connectivity index (χ0v) is 7.04. The minimum atomic E-state index is -1.34. The Bertz CT molecular complexity index is 147. The third kappa shape index (κ3) is 1.98. The second kappa shape index (κ2) is 4.32. The summed E-state index contributed by atoms with van der Waals surface area (Å²) < 4.78 is 0. The van der Waals surface area contributed by atoms with E-state index >= 15 is 0 Å². The van der Waals surface area contributed by atoms with Gasteiger partial charge in [-0.2, -0.15) is 0 Å². The van der Waals surface area contributed by atoms with Crippen molar-refractivity contribution in [1.82, 2.24) is 5.32 Å². The van der Waals surface area contributed by atoms with Crippen LogP contribution in [0.15, 0.2) is 0 Å². The van der Waals surface area contributed by atoms with E-state index in [1.165, 1.54) is 0 Å². The molecule has 5 atom stereocenters. The fourth-order valence-corrected chi connectivity index (χ4v) is 1.47. The molecule has 6 nitrogen and oxygen atoms in total. The summed E-state index contributed by atoms with van der Waals surface area (Å²) in [5.41, 5.74) is 0. The molecule has 0 aliphatic carbocycles. The Morgan fingerprint density at radius 3 is 1.46 bits per heavy atom. The summed E-state index contributed by atoms with van der Waals surface area (Å²) in [6, 6.07) is -1.42. The number of rotatable bonds is 2. The van der Waals surface area contributed by atoms with Crippen LogP contribution in [0.5, 0.6) is 0 Å². The van der Waals surface area contributed by atoms with Crippen LogP contribution in [0.2, 0.25) is 0 Å². The first-order valence-electron chi connectivity index (χ1n) is 4.13. The van der Waals surface area contributed by atoms with E-state index in [-0.39, 0.29) is 13.2 Å². The molecule has 1 saturated heterocycles. The molecule has 0 saturated carbocycles. The maximum Gasteiger partial charge on any atom is 0.109 e. The molecule has 1 rings (SSSR count). The predicted octanol–water partition coefficient (Wildman–Crippen LogP) is -3.61. The van der Waals surface area contributed by atoms with Gasteiger partial charge in [-0.15, -0.1) is 0 Å². The normalized spacial score (nSPS) is 46.4. The van der Waals surface area contributed by atoms with E-state index < -0.39 is 30.4 Å². The second-order valence-electron chi connectivity index (χ2n) is 3.22. The summed E-state index contributed by atoms with van der Waals surface area (Å²) in [6.45, 7) is -0.719. The first-order valence-corrected chi connectivity index (χ1v) is 4.13. The predicted molar refractivity (Wildman–Crippen MR) is 42.9 cm³/mol. The van der Waals surface area contributed by atoms with E-state index in [9.17, 15) is 15.3 Å². The highest BCUT2D eigenvalue weighted by molar-refractivity contribution is 4.97. The Balaban J connectivity index is 2.66. The van der Waals surface area contributed by atoms with Gasteiger partial charge in [-0.1, -0.05) is 0 Å². The molecule has 1 aliphatic rings. The Morgan fingerprint density at radius 2 is 1.15 bits per heavy atom. The molecule has 0 aromatic rings. The van der Waals surface area contributed by atoms with Gasteiger partial charge in [0.1, 0.15) is 6.10 Å². The van der Waals surface area contributed by atoms with Crippen LogP contribution < -0.4 is 5.32 Å². The van der Waals surface area contributed by atoms with Crippen molar-refractivity contribution in [3.63, 3.8) is 0 Å². The van der Waals surface area contributed by atoms with Crippen molar-refractivity contribution in [2.24, 2.45) is 0 Å². The van der Waals surface area contributed by atoms with E-state index in [0.29, 0.717) is 0 Å². The quantitative estimate of drug-likeness (QED) is 0.270. The van der Waals surface area contributed by atoms with Gasteiger partial charge in [0, 0.05) is 0 Å². The van der Waals surface area contributed by atoms with E-state index in [1.54, 1.807) is 0 Å². The molecule has 1 heterocycles. The lowest BCUT2D eigenvalue weighted by Crippen LogP contribution is -2.66. The van der Waals surface area contributed by atoms with Gasteiger partial charge in [0.25, 0.3) is 0 Å². The average Bonchev–Trinajstić information content (AvgIpc) is 2.15. The molecule has 2 unspecified atom stereocenters. The fraction of sp³-hybridized carbons (Fsp3) is 1.00. The molecule has 0 spiro atoms. The second-order valence-corrected chi connectivity index (χ2v) is 3.22. The van der Waals surface area contributed by atoms with Crippen molar-refractivity contribution >= 4 is 0 Å². The van der Waals surface area contributed by atoms with Crippen molar-refractivity contribution in [3.05, 3.63) is 0 Å². The molecule has 0 amide bonds.